The number of nitrogens with zero attached hydrogens (tertiary/aromatic N) is 2. The minimum atomic E-state index is 0.199. The monoisotopic (exact) mass is 248 g/mol. The normalized spacial score (nSPS) is 11.5. The molecule has 0 amide bonds. The maximum atomic E-state index is 8.93. The lowest BCUT2D eigenvalue weighted by Gasteiger charge is -2.17. The molecule has 1 aromatic heterocycles. The van der Waals surface area contributed by atoms with E-state index in [0.717, 1.165) is 42.1 Å². The highest BCUT2D eigenvalue weighted by Gasteiger charge is 2.06. The second-order valence-corrected chi connectivity index (χ2v) is 4.37. The first kappa shape index (κ1) is 12.9. The second-order valence-electron chi connectivity index (χ2n) is 4.37. The van der Waals surface area contributed by atoms with Gasteiger partial charge in [-0.25, -0.2) is 4.98 Å². The van der Waals surface area contributed by atoms with Crippen LogP contribution in [0.5, 0.6) is 0 Å². The van der Waals surface area contributed by atoms with Gasteiger partial charge >= 0.3 is 0 Å². The summed E-state index contributed by atoms with van der Waals surface area (Å²) in [5.74, 6) is 0.965. The Morgan fingerprint density at radius 2 is 2.22 bits per heavy atom. The molecule has 0 saturated carbocycles. The maximum absolute atomic E-state index is 8.93. The van der Waals surface area contributed by atoms with E-state index >= 15 is 0 Å². The van der Waals surface area contributed by atoms with E-state index in [2.05, 4.69) is 21.8 Å². The largest absolute Gasteiger partial charge is 0.399 e. The minimum Gasteiger partial charge on any atom is -0.399 e. The summed E-state index contributed by atoms with van der Waals surface area (Å²) in [7, 11) is 0. The quantitative estimate of drug-likeness (QED) is 0.666. The molecule has 1 heterocycles. The van der Waals surface area contributed by atoms with Gasteiger partial charge in [0, 0.05) is 25.2 Å². The van der Waals surface area contributed by atoms with Crippen LogP contribution in [-0.4, -0.2) is 46.2 Å². The van der Waals surface area contributed by atoms with Crippen LogP contribution in [0.2, 0.25) is 0 Å². The lowest BCUT2D eigenvalue weighted by atomic mass is 10.3. The molecule has 0 unspecified atom stereocenters. The van der Waals surface area contributed by atoms with E-state index in [-0.39, 0.29) is 6.61 Å². The highest BCUT2D eigenvalue weighted by Crippen LogP contribution is 2.15. The van der Waals surface area contributed by atoms with Crippen LogP contribution in [-0.2, 0) is 6.42 Å². The molecule has 0 saturated heterocycles. The van der Waals surface area contributed by atoms with Crippen molar-refractivity contribution in [2.75, 3.05) is 32.0 Å². The van der Waals surface area contributed by atoms with Crippen LogP contribution in [0.1, 0.15) is 12.7 Å². The van der Waals surface area contributed by atoms with Crippen LogP contribution in [0.15, 0.2) is 18.2 Å². The topological polar surface area (TPSA) is 78.2 Å². The summed E-state index contributed by atoms with van der Waals surface area (Å²) in [6.45, 7) is 4.84. The molecule has 0 bridgehead atoms. The van der Waals surface area contributed by atoms with Gasteiger partial charge in [-0.1, -0.05) is 6.92 Å². The zero-order chi connectivity index (χ0) is 13.0. The predicted molar refractivity (Wildman–Crippen MR) is 73.4 cm³/mol. The molecule has 5 heteroatoms. The van der Waals surface area contributed by atoms with Crippen LogP contribution < -0.4 is 5.73 Å². The summed E-state index contributed by atoms with van der Waals surface area (Å²) in [6, 6.07) is 5.68. The summed E-state index contributed by atoms with van der Waals surface area (Å²) in [5.41, 5.74) is 8.41. The highest BCUT2D eigenvalue weighted by molar-refractivity contribution is 5.78. The van der Waals surface area contributed by atoms with Gasteiger partial charge in [0.05, 0.1) is 17.6 Å². The number of nitrogens with one attached hydrogen (secondary N) is 1. The number of hydrogen-bond donors (Lipinski definition) is 3. The van der Waals surface area contributed by atoms with E-state index in [0.29, 0.717) is 6.54 Å². The molecule has 2 rings (SSSR count). The summed E-state index contributed by atoms with van der Waals surface area (Å²) in [6.07, 6.45) is 0.850. The number of likely N-dealkylation sites (N-methyl/N-ethyl adjacent to an activating group) is 1. The average Bonchev–Trinajstić information content (AvgIpc) is 2.76. The number of aliphatic hydroxyl groups excluding tert-OH is 1. The van der Waals surface area contributed by atoms with Crippen molar-refractivity contribution in [3.8, 4) is 0 Å². The second kappa shape index (κ2) is 5.84. The molecule has 0 fully saturated rings. The number of fused-ring (bicyclic) bond motifs is 1. The fourth-order valence-electron chi connectivity index (χ4n) is 2.03. The Morgan fingerprint density at radius 3 is 2.94 bits per heavy atom. The Kier molecular flexibility index (Phi) is 4.17. The van der Waals surface area contributed by atoms with Gasteiger partial charge < -0.3 is 20.7 Å². The third kappa shape index (κ3) is 3.00. The van der Waals surface area contributed by atoms with Crippen LogP contribution in [0, 0.1) is 0 Å². The van der Waals surface area contributed by atoms with Crippen molar-refractivity contribution < 1.29 is 5.11 Å². The van der Waals surface area contributed by atoms with E-state index in [1.54, 1.807) is 0 Å². The zero-order valence-electron chi connectivity index (χ0n) is 10.7. The fraction of sp³-hybridized carbons (Fsp3) is 0.462. The van der Waals surface area contributed by atoms with Gasteiger partial charge in [-0.05, 0) is 24.7 Å². The molecule has 2 aromatic rings. The third-order valence-electron chi connectivity index (χ3n) is 3.08. The van der Waals surface area contributed by atoms with Crippen LogP contribution in [0.3, 0.4) is 0 Å². The van der Waals surface area contributed by atoms with Crippen molar-refractivity contribution in [3.63, 3.8) is 0 Å². The average molecular weight is 248 g/mol. The van der Waals surface area contributed by atoms with Gasteiger partial charge in [0.25, 0.3) is 0 Å². The third-order valence-corrected chi connectivity index (χ3v) is 3.08. The fourth-order valence-corrected chi connectivity index (χ4v) is 2.03. The van der Waals surface area contributed by atoms with E-state index in [4.69, 9.17) is 10.8 Å². The molecule has 0 aliphatic carbocycles. The number of imidazole rings is 1. The summed E-state index contributed by atoms with van der Waals surface area (Å²) >= 11 is 0. The van der Waals surface area contributed by atoms with Crippen molar-refractivity contribution in [1.82, 2.24) is 14.9 Å². The molecule has 1 aromatic carbocycles. The highest BCUT2D eigenvalue weighted by atomic mass is 16.3. The van der Waals surface area contributed by atoms with Crippen LogP contribution in [0.4, 0.5) is 5.69 Å². The standard InChI is InChI=1S/C13H20N4O/c1-2-17(7-8-18)6-5-13-15-11-4-3-10(14)9-12(11)16-13/h3-4,9,18H,2,5-8,14H2,1H3,(H,15,16). The number of nitrogen functional groups attached to an aromatic ring is 1. The Hall–Kier alpha value is -1.59. The number of aliphatic hydroxyl groups is 1. The first-order chi connectivity index (χ1) is 8.72. The number of aromatic amines is 1. The number of hydrogen-bond acceptors (Lipinski definition) is 4. The Labute approximate surface area is 107 Å². The van der Waals surface area contributed by atoms with Crippen LogP contribution >= 0.6 is 0 Å². The van der Waals surface area contributed by atoms with Crippen LogP contribution in [0.25, 0.3) is 11.0 Å². The number of nitrogens with two attached hydrogens (primary N) is 1. The molecule has 0 radical (unpaired) electrons. The van der Waals surface area contributed by atoms with Gasteiger partial charge in [0.1, 0.15) is 5.82 Å². The van der Waals surface area contributed by atoms with Crippen molar-refractivity contribution in [1.29, 1.82) is 0 Å². The predicted octanol–water partition coefficient (Wildman–Crippen LogP) is 1.00. The van der Waals surface area contributed by atoms with Crippen molar-refractivity contribution in [2.45, 2.75) is 13.3 Å². The minimum absolute atomic E-state index is 0.199. The summed E-state index contributed by atoms with van der Waals surface area (Å²) in [5, 5.41) is 8.93. The van der Waals surface area contributed by atoms with Gasteiger partial charge in [-0.3, -0.25) is 0 Å². The van der Waals surface area contributed by atoms with Gasteiger partial charge in [0.15, 0.2) is 0 Å². The van der Waals surface area contributed by atoms with Gasteiger partial charge in [-0.2, -0.15) is 0 Å². The molecular formula is C13H20N4O. The van der Waals surface area contributed by atoms with Crippen molar-refractivity contribution >= 4 is 16.7 Å². The lowest BCUT2D eigenvalue weighted by Crippen LogP contribution is -2.29. The van der Waals surface area contributed by atoms with Gasteiger partial charge in [-0.15, -0.1) is 0 Å². The SMILES string of the molecule is CCN(CCO)CCc1nc2ccc(N)cc2[nH]1. The van der Waals surface area contributed by atoms with Crippen molar-refractivity contribution in [2.24, 2.45) is 0 Å². The number of benzene rings is 1. The Morgan fingerprint density at radius 1 is 1.39 bits per heavy atom. The smallest absolute Gasteiger partial charge is 0.108 e. The van der Waals surface area contributed by atoms with E-state index in [9.17, 15) is 0 Å². The molecule has 0 aliphatic rings. The first-order valence-electron chi connectivity index (χ1n) is 6.30. The van der Waals surface area contributed by atoms with Crippen molar-refractivity contribution in [3.05, 3.63) is 24.0 Å². The molecule has 4 N–H and O–H groups in total. The van der Waals surface area contributed by atoms with E-state index < -0.39 is 0 Å². The van der Waals surface area contributed by atoms with E-state index in [1.807, 2.05) is 18.2 Å². The molecule has 18 heavy (non-hydrogen) atoms. The number of anilines is 1. The number of H-pyrrole nitrogens is 1. The number of rotatable bonds is 6. The molecule has 98 valence electrons. The first-order valence-corrected chi connectivity index (χ1v) is 6.30. The zero-order valence-corrected chi connectivity index (χ0v) is 10.7. The Bertz CT molecular complexity index is 509. The summed E-state index contributed by atoms with van der Waals surface area (Å²) < 4.78 is 0. The molecule has 0 atom stereocenters. The molecular weight excluding hydrogens is 228 g/mol. The van der Waals surface area contributed by atoms with Gasteiger partial charge in [0.2, 0.25) is 0 Å². The Balaban J connectivity index is 2.03. The molecule has 5 nitrogen and oxygen atoms in total. The van der Waals surface area contributed by atoms with E-state index in [1.165, 1.54) is 0 Å². The lowest BCUT2D eigenvalue weighted by molar-refractivity contribution is 0.203. The number of aromatic nitrogens is 2. The summed E-state index contributed by atoms with van der Waals surface area (Å²) in [4.78, 5) is 9.99. The maximum Gasteiger partial charge on any atom is 0.108 e. The molecule has 0 spiro atoms. The molecule has 0 aliphatic heterocycles.